The summed E-state index contributed by atoms with van der Waals surface area (Å²) in [6, 6.07) is 0. The molecule has 0 saturated heterocycles. The maximum Gasteiger partial charge on any atom is 0.0794 e. The molecule has 1 rings (SSSR count). The van der Waals surface area contributed by atoms with Crippen molar-refractivity contribution in [3.05, 3.63) is 0 Å². The van der Waals surface area contributed by atoms with Crippen molar-refractivity contribution < 1.29 is 5.11 Å². The van der Waals surface area contributed by atoms with E-state index >= 15 is 0 Å². The van der Waals surface area contributed by atoms with E-state index in [0.717, 1.165) is 19.3 Å². The largest absolute Gasteiger partial charge is 0.388 e. The average molecular weight is 143 g/mol. The standard InChI is InChI=1S/C8H17NO/c1-7-4-2-3-5-8(7,10)6-9/h7,10H,2-6,9H2,1H3. The SMILES string of the molecule is CC1CCCCC1(O)CN. The molecule has 0 spiro atoms. The Bertz CT molecular complexity index is 116. The van der Waals surface area contributed by atoms with Crippen LogP contribution in [-0.2, 0) is 0 Å². The normalized spacial score (nSPS) is 41.7. The maximum absolute atomic E-state index is 9.82. The highest BCUT2D eigenvalue weighted by atomic mass is 16.3. The van der Waals surface area contributed by atoms with Gasteiger partial charge in [0.05, 0.1) is 5.60 Å². The number of nitrogens with two attached hydrogens (primary N) is 1. The second kappa shape index (κ2) is 2.89. The van der Waals surface area contributed by atoms with Gasteiger partial charge in [0, 0.05) is 6.54 Å². The van der Waals surface area contributed by atoms with E-state index in [1.54, 1.807) is 0 Å². The van der Waals surface area contributed by atoms with Crippen LogP contribution in [0, 0.1) is 5.92 Å². The van der Waals surface area contributed by atoms with Gasteiger partial charge < -0.3 is 10.8 Å². The molecule has 1 aliphatic rings. The van der Waals surface area contributed by atoms with Gasteiger partial charge in [0.2, 0.25) is 0 Å². The Hall–Kier alpha value is -0.0800. The smallest absolute Gasteiger partial charge is 0.0794 e. The summed E-state index contributed by atoms with van der Waals surface area (Å²) in [6.07, 6.45) is 4.42. The second-order valence-electron chi connectivity index (χ2n) is 3.45. The molecule has 10 heavy (non-hydrogen) atoms. The van der Waals surface area contributed by atoms with Crippen molar-refractivity contribution in [1.82, 2.24) is 0 Å². The molecule has 0 aliphatic heterocycles. The first-order valence-electron chi connectivity index (χ1n) is 4.11. The minimum atomic E-state index is -0.543. The summed E-state index contributed by atoms with van der Waals surface area (Å²) in [4.78, 5) is 0. The van der Waals surface area contributed by atoms with E-state index in [9.17, 15) is 5.11 Å². The minimum Gasteiger partial charge on any atom is -0.388 e. The first-order valence-corrected chi connectivity index (χ1v) is 4.11. The van der Waals surface area contributed by atoms with E-state index < -0.39 is 5.60 Å². The molecule has 0 heterocycles. The molecule has 0 aromatic rings. The van der Waals surface area contributed by atoms with Crippen LogP contribution in [0.5, 0.6) is 0 Å². The lowest BCUT2D eigenvalue weighted by Gasteiger charge is -2.36. The molecular formula is C8H17NO. The van der Waals surface area contributed by atoms with E-state index in [1.165, 1.54) is 6.42 Å². The van der Waals surface area contributed by atoms with E-state index in [-0.39, 0.29) is 0 Å². The van der Waals surface area contributed by atoms with Gasteiger partial charge in [-0.1, -0.05) is 19.8 Å². The van der Waals surface area contributed by atoms with Gasteiger partial charge in [-0.2, -0.15) is 0 Å². The predicted molar refractivity (Wildman–Crippen MR) is 41.6 cm³/mol. The van der Waals surface area contributed by atoms with Crippen molar-refractivity contribution in [3.8, 4) is 0 Å². The van der Waals surface area contributed by atoms with E-state index in [0.29, 0.717) is 12.5 Å². The summed E-state index contributed by atoms with van der Waals surface area (Å²) < 4.78 is 0. The van der Waals surface area contributed by atoms with Crippen molar-refractivity contribution >= 4 is 0 Å². The van der Waals surface area contributed by atoms with Crippen molar-refractivity contribution in [3.63, 3.8) is 0 Å². The maximum atomic E-state index is 9.82. The third-order valence-corrected chi connectivity index (χ3v) is 2.77. The summed E-state index contributed by atoms with van der Waals surface area (Å²) in [5.41, 5.74) is 4.93. The third kappa shape index (κ3) is 1.32. The molecular weight excluding hydrogens is 126 g/mol. The Morgan fingerprint density at radius 2 is 2.30 bits per heavy atom. The van der Waals surface area contributed by atoms with Gasteiger partial charge in [-0.05, 0) is 18.8 Å². The van der Waals surface area contributed by atoms with Gasteiger partial charge in [-0.25, -0.2) is 0 Å². The molecule has 0 bridgehead atoms. The Labute approximate surface area is 62.4 Å². The fourth-order valence-corrected chi connectivity index (χ4v) is 1.70. The van der Waals surface area contributed by atoms with Crippen LogP contribution in [0.15, 0.2) is 0 Å². The molecule has 2 nitrogen and oxygen atoms in total. The lowest BCUT2D eigenvalue weighted by molar-refractivity contribution is -0.0326. The van der Waals surface area contributed by atoms with Crippen LogP contribution in [0.2, 0.25) is 0 Å². The average Bonchev–Trinajstić information content (AvgIpc) is 1.96. The van der Waals surface area contributed by atoms with Gasteiger partial charge in [0.25, 0.3) is 0 Å². The Morgan fingerprint density at radius 1 is 1.60 bits per heavy atom. The highest BCUT2D eigenvalue weighted by molar-refractivity contribution is 4.88. The quantitative estimate of drug-likeness (QED) is 0.572. The number of rotatable bonds is 1. The third-order valence-electron chi connectivity index (χ3n) is 2.77. The van der Waals surface area contributed by atoms with Crippen molar-refractivity contribution in [2.45, 2.75) is 38.2 Å². The summed E-state index contributed by atoms with van der Waals surface area (Å²) in [6.45, 7) is 2.51. The van der Waals surface area contributed by atoms with Crippen LogP contribution in [0.4, 0.5) is 0 Å². The van der Waals surface area contributed by atoms with Gasteiger partial charge in [0.15, 0.2) is 0 Å². The van der Waals surface area contributed by atoms with E-state index in [4.69, 9.17) is 5.73 Å². The monoisotopic (exact) mass is 143 g/mol. The lowest BCUT2D eigenvalue weighted by Crippen LogP contribution is -2.45. The van der Waals surface area contributed by atoms with Gasteiger partial charge in [0.1, 0.15) is 0 Å². The number of hydrogen-bond acceptors (Lipinski definition) is 2. The predicted octanol–water partition coefficient (Wildman–Crippen LogP) is 0.886. The molecule has 60 valence electrons. The zero-order valence-corrected chi connectivity index (χ0v) is 6.64. The number of aliphatic hydroxyl groups is 1. The summed E-state index contributed by atoms with van der Waals surface area (Å²) in [7, 11) is 0. The highest BCUT2D eigenvalue weighted by Gasteiger charge is 2.34. The first kappa shape index (κ1) is 8.02. The van der Waals surface area contributed by atoms with Crippen molar-refractivity contribution in [1.29, 1.82) is 0 Å². The Kier molecular flexibility index (Phi) is 2.32. The molecule has 2 atom stereocenters. The van der Waals surface area contributed by atoms with Crippen molar-refractivity contribution in [2.24, 2.45) is 11.7 Å². The molecule has 1 fully saturated rings. The van der Waals surface area contributed by atoms with Crippen molar-refractivity contribution in [2.75, 3.05) is 6.54 Å². The summed E-state index contributed by atoms with van der Waals surface area (Å²) in [5, 5.41) is 9.82. The van der Waals surface area contributed by atoms with Crippen LogP contribution in [0.3, 0.4) is 0 Å². The van der Waals surface area contributed by atoms with Crippen LogP contribution in [0.1, 0.15) is 32.6 Å². The first-order chi connectivity index (χ1) is 4.69. The molecule has 0 radical (unpaired) electrons. The molecule has 2 unspecified atom stereocenters. The highest BCUT2D eigenvalue weighted by Crippen LogP contribution is 2.32. The van der Waals surface area contributed by atoms with E-state index in [2.05, 4.69) is 6.92 Å². The lowest BCUT2D eigenvalue weighted by atomic mass is 9.76. The second-order valence-corrected chi connectivity index (χ2v) is 3.45. The van der Waals surface area contributed by atoms with Crippen LogP contribution in [-0.4, -0.2) is 17.3 Å². The van der Waals surface area contributed by atoms with Gasteiger partial charge in [-0.3, -0.25) is 0 Å². The Balaban J connectivity index is 2.54. The minimum absolute atomic E-state index is 0.395. The molecule has 3 N–H and O–H groups in total. The zero-order valence-electron chi connectivity index (χ0n) is 6.64. The topological polar surface area (TPSA) is 46.2 Å². The fourth-order valence-electron chi connectivity index (χ4n) is 1.70. The fraction of sp³-hybridized carbons (Fsp3) is 1.00. The van der Waals surface area contributed by atoms with Crippen LogP contribution >= 0.6 is 0 Å². The summed E-state index contributed by atoms with van der Waals surface area (Å²) in [5.74, 6) is 0.395. The molecule has 2 heteroatoms. The van der Waals surface area contributed by atoms with Gasteiger partial charge >= 0.3 is 0 Å². The zero-order chi connectivity index (χ0) is 7.61. The molecule has 1 saturated carbocycles. The summed E-state index contributed by atoms with van der Waals surface area (Å²) >= 11 is 0. The molecule has 1 aliphatic carbocycles. The number of hydrogen-bond donors (Lipinski definition) is 2. The van der Waals surface area contributed by atoms with E-state index in [1.807, 2.05) is 0 Å². The molecule has 0 aromatic heterocycles. The Morgan fingerprint density at radius 3 is 2.70 bits per heavy atom. The van der Waals surface area contributed by atoms with Gasteiger partial charge in [-0.15, -0.1) is 0 Å². The molecule has 0 aromatic carbocycles. The van der Waals surface area contributed by atoms with Crippen LogP contribution < -0.4 is 5.73 Å². The van der Waals surface area contributed by atoms with Crippen LogP contribution in [0.25, 0.3) is 0 Å². The molecule has 0 amide bonds.